The smallest absolute Gasteiger partial charge is 0.141 e. The van der Waals surface area contributed by atoms with Crippen LogP contribution in [0.2, 0.25) is 5.02 Å². The predicted octanol–water partition coefficient (Wildman–Crippen LogP) is 5.21. The Balaban J connectivity index is 2.35. The summed E-state index contributed by atoms with van der Waals surface area (Å²) < 4.78 is 13.1. The van der Waals surface area contributed by atoms with Gasteiger partial charge < -0.3 is 5.32 Å². The van der Waals surface area contributed by atoms with Crippen molar-refractivity contribution in [1.82, 2.24) is 0 Å². The van der Waals surface area contributed by atoms with Crippen LogP contribution >= 0.6 is 23.4 Å². The van der Waals surface area contributed by atoms with Crippen LogP contribution in [0, 0.1) is 17.1 Å². The van der Waals surface area contributed by atoms with Gasteiger partial charge in [0.05, 0.1) is 16.3 Å². The van der Waals surface area contributed by atoms with E-state index in [4.69, 9.17) is 11.6 Å². The number of nitrogens with one attached hydrogen (secondary N) is 1. The third-order valence-corrected chi connectivity index (χ3v) is 3.87. The highest BCUT2D eigenvalue weighted by Crippen LogP contribution is 2.30. The molecule has 0 aromatic heterocycles. The summed E-state index contributed by atoms with van der Waals surface area (Å²) in [5.74, 6) is 0.425. The molecule has 0 bridgehead atoms. The van der Waals surface area contributed by atoms with Crippen molar-refractivity contribution in [3.8, 4) is 6.07 Å². The van der Waals surface area contributed by atoms with E-state index < -0.39 is 5.82 Å². The quantitative estimate of drug-likeness (QED) is 0.788. The van der Waals surface area contributed by atoms with Gasteiger partial charge in [-0.05, 0) is 36.1 Å². The average molecular weight is 307 g/mol. The SMILES string of the molecule is CCSc1cccc(Nc2ccc(F)c(Cl)c2)c1C#N. The first-order chi connectivity index (χ1) is 9.65. The van der Waals surface area contributed by atoms with Crippen LogP contribution in [0.1, 0.15) is 12.5 Å². The zero-order chi connectivity index (χ0) is 14.5. The third-order valence-electron chi connectivity index (χ3n) is 2.64. The van der Waals surface area contributed by atoms with Gasteiger partial charge in [0.1, 0.15) is 11.9 Å². The standard InChI is InChI=1S/C15H12ClFN2S/c1-2-20-15-5-3-4-14(11(15)9-18)19-10-6-7-13(17)12(16)8-10/h3-8,19H,2H2,1H3. The first kappa shape index (κ1) is 14.7. The summed E-state index contributed by atoms with van der Waals surface area (Å²) >= 11 is 7.36. The second kappa shape index (κ2) is 6.65. The van der Waals surface area contributed by atoms with Gasteiger partial charge in [0.2, 0.25) is 0 Å². The van der Waals surface area contributed by atoms with Crippen molar-refractivity contribution in [3.63, 3.8) is 0 Å². The molecule has 0 saturated heterocycles. The van der Waals surface area contributed by atoms with Crippen molar-refractivity contribution in [1.29, 1.82) is 5.26 Å². The Kier molecular flexibility index (Phi) is 4.89. The van der Waals surface area contributed by atoms with Gasteiger partial charge in [0, 0.05) is 10.6 Å². The summed E-state index contributed by atoms with van der Waals surface area (Å²) in [4.78, 5) is 0.924. The molecule has 0 aliphatic carbocycles. The summed E-state index contributed by atoms with van der Waals surface area (Å²) in [7, 11) is 0. The number of thioether (sulfide) groups is 1. The monoisotopic (exact) mass is 306 g/mol. The van der Waals surface area contributed by atoms with Crippen molar-refractivity contribution in [2.45, 2.75) is 11.8 Å². The van der Waals surface area contributed by atoms with E-state index in [9.17, 15) is 9.65 Å². The summed E-state index contributed by atoms with van der Waals surface area (Å²) in [6.07, 6.45) is 0. The van der Waals surface area contributed by atoms with Crippen LogP contribution in [0.25, 0.3) is 0 Å². The molecule has 0 amide bonds. The topological polar surface area (TPSA) is 35.8 Å². The Morgan fingerprint density at radius 2 is 2.15 bits per heavy atom. The fraction of sp³-hybridized carbons (Fsp3) is 0.133. The Morgan fingerprint density at radius 1 is 1.35 bits per heavy atom. The molecule has 1 N–H and O–H groups in total. The molecule has 20 heavy (non-hydrogen) atoms. The highest BCUT2D eigenvalue weighted by Gasteiger charge is 2.09. The Bertz CT molecular complexity index is 667. The van der Waals surface area contributed by atoms with Crippen LogP contribution in [0.4, 0.5) is 15.8 Å². The van der Waals surface area contributed by atoms with Crippen LogP contribution in [-0.2, 0) is 0 Å². The molecule has 0 aliphatic rings. The maximum atomic E-state index is 13.1. The minimum Gasteiger partial charge on any atom is -0.354 e. The molecule has 102 valence electrons. The second-order valence-electron chi connectivity index (χ2n) is 3.98. The van der Waals surface area contributed by atoms with Gasteiger partial charge in [-0.25, -0.2) is 4.39 Å². The van der Waals surface area contributed by atoms with Crippen LogP contribution in [-0.4, -0.2) is 5.75 Å². The van der Waals surface area contributed by atoms with Crippen LogP contribution in [0.3, 0.4) is 0 Å². The molecule has 0 saturated carbocycles. The van der Waals surface area contributed by atoms with Crippen molar-refractivity contribution < 1.29 is 4.39 Å². The normalized spacial score (nSPS) is 10.1. The van der Waals surface area contributed by atoms with Crippen molar-refractivity contribution in [2.75, 3.05) is 11.1 Å². The zero-order valence-corrected chi connectivity index (χ0v) is 12.4. The largest absolute Gasteiger partial charge is 0.354 e. The van der Waals surface area contributed by atoms with Gasteiger partial charge >= 0.3 is 0 Å². The lowest BCUT2D eigenvalue weighted by molar-refractivity contribution is 0.628. The van der Waals surface area contributed by atoms with Crippen molar-refractivity contribution in [2.24, 2.45) is 0 Å². The van der Waals surface area contributed by atoms with Gasteiger partial charge in [-0.2, -0.15) is 5.26 Å². The molecule has 0 unspecified atom stereocenters. The molecular weight excluding hydrogens is 295 g/mol. The summed E-state index contributed by atoms with van der Waals surface area (Å²) in [5, 5.41) is 12.5. The van der Waals surface area contributed by atoms with E-state index in [1.165, 1.54) is 12.1 Å². The van der Waals surface area contributed by atoms with E-state index in [2.05, 4.69) is 11.4 Å². The van der Waals surface area contributed by atoms with Gasteiger partial charge in [-0.3, -0.25) is 0 Å². The fourth-order valence-electron chi connectivity index (χ4n) is 1.76. The maximum Gasteiger partial charge on any atom is 0.141 e. The predicted molar refractivity (Wildman–Crippen MR) is 82.2 cm³/mol. The van der Waals surface area contributed by atoms with E-state index >= 15 is 0 Å². The van der Waals surface area contributed by atoms with E-state index in [1.807, 2.05) is 25.1 Å². The lowest BCUT2D eigenvalue weighted by atomic mass is 10.2. The zero-order valence-electron chi connectivity index (χ0n) is 10.8. The van der Waals surface area contributed by atoms with Crippen molar-refractivity contribution >= 4 is 34.7 Å². The summed E-state index contributed by atoms with van der Waals surface area (Å²) in [6, 6.07) is 12.2. The number of hydrogen-bond acceptors (Lipinski definition) is 3. The average Bonchev–Trinajstić information content (AvgIpc) is 2.44. The molecule has 0 heterocycles. The van der Waals surface area contributed by atoms with E-state index in [-0.39, 0.29) is 5.02 Å². The second-order valence-corrected chi connectivity index (χ2v) is 5.69. The van der Waals surface area contributed by atoms with Crippen LogP contribution < -0.4 is 5.32 Å². The summed E-state index contributed by atoms with van der Waals surface area (Å²) in [6.45, 7) is 2.03. The van der Waals surface area contributed by atoms with E-state index in [0.29, 0.717) is 16.9 Å². The molecule has 0 fully saturated rings. The highest BCUT2D eigenvalue weighted by molar-refractivity contribution is 7.99. The van der Waals surface area contributed by atoms with Gasteiger partial charge in [0.25, 0.3) is 0 Å². The summed E-state index contributed by atoms with van der Waals surface area (Å²) in [5.41, 5.74) is 1.92. The fourth-order valence-corrected chi connectivity index (χ4v) is 2.72. The molecule has 2 rings (SSSR count). The Hall–Kier alpha value is -1.70. The maximum absolute atomic E-state index is 13.1. The number of anilines is 2. The lowest BCUT2D eigenvalue weighted by Crippen LogP contribution is -1.95. The van der Waals surface area contributed by atoms with Gasteiger partial charge in [-0.15, -0.1) is 11.8 Å². The number of nitrogens with zero attached hydrogens (tertiary/aromatic N) is 1. The minimum atomic E-state index is -0.465. The molecule has 0 spiro atoms. The third kappa shape index (κ3) is 3.24. The Labute approximate surface area is 126 Å². The van der Waals surface area contributed by atoms with Crippen LogP contribution in [0.15, 0.2) is 41.3 Å². The van der Waals surface area contributed by atoms with Crippen LogP contribution in [0.5, 0.6) is 0 Å². The van der Waals surface area contributed by atoms with Gasteiger partial charge in [0.15, 0.2) is 0 Å². The Morgan fingerprint density at radius 3 is 2.80 bits per heavy atom. The molecule has 2 aromatic carbocycles. The van der Waals surface area contributed by atoms with E-state index in [0.717, 1.165) is 10.6 Å². The molecule has 2 nitrogen and oxygen atoms in total. The molecule has 0 aliphatic heterocycles. The molecule has 0 atom stereocenters. The first-order valence-electron chi connectivity index (χ1n) is 6.03. The number of halogens is 2. The molecular formula is C15H12ClFN2S. The number of nitriles is 1. The molecule has 0 radical (unpaired) electrons. The van der Waals surface area contributed by atoms with Gasteiger partial charge in [-0.1, -0.05) is 24.6 Å². The minimum absolute atomic E-state index is 0.0487. The number of hydrogen-bond donors (Lipinski definition) is 1. The first-order valence-corrected chi connectivity index (χ1v) is 7.40. The van der Waals surface area contributed by atoms with Crippen molar-refractivity contribution in [3.05, 3.63) is 52.8 Å². The molecule has 5 heteroatoms. The molecule has 2 aromatic rings. The number of benzene rings is 2. The lowest BCUT2D eigenvalue weighted by Gasteiger charge is -2.11. The highest BCUT2D eigenvalue weighted by atomic mass is 35.5. The number of rotatable bonds is 4. The van der Waals surface area contributed by atoms with E-state index in [1.54, 1.807) is 17.8 Å².